The van der Waals surface area contributed by atoms with Gasteiger partial charge in [-0.15, -0.1) is 5.10 Å². The zero-order valence-electron chi connectivity index (χ0n) is 16.0. The third kappa shape index (κ3) is 5.76. The van der Waals surface area contributed by atoms with Gasteiger partial charge >= 0.3 is 0 Å². The molecule has 25 heavy (non-hydrogen) atoms. The van der Waals surface area contributed by atoms with Crippen LogP contribution >= 0.6 is 0 Å². The monoisotopic (exact) mass is 345 g/mol. The van der Waals surface area contributed by atoms with E-state index in [9.17, 15) is 4.79 Å². The van der Waals surface area contributed by atoms with E-state index in [4.69, 9.17) is 4.74 Å². The van der Waals surface area contributed by atoms with Crippen LogP contribution in [-0.2, 0) is 17.9 Å². The Morgan fingerprint density at radius 1 is 1.40 bits per heavy atom. The lowest BCUT2D eigenvalue weighted by Crippen LogP contribution is -2.38. The summed E-state index contributed by atoms with van der Waals surface area (Å²) in [4.78, 5) is 14.4. The summed E-state index contributed by atoms with van der Waals surface area (Å²) in [6.45, 7) is 14.9. The lowest BCUT2D eigenvalue weighted by molar-refractivity contribution is -0.133. The highest BCUT2D eigenvalue weighted by atomic mass is 16.5. The molecule has 0 fully saturated rings. The Kier molecular flexibility index (Phi) is 6.45. The lowest BCUT2D eigenvalue weighted by atomic mass is 9.90. The van der Waals surface area contributed by atoms with Crippen molar-refractivity contribution >= 4 is 5.91 Å². The van der Waals surface area contributed by atoms with Crippen LogP contribution in [0.25, 0.3) is 0 Å². The van der Waals surface area contributed by atoms with Crippen LogP contribution in [0.2, 0.25) is 0 Å². The lowest BCUT2D eigenvalue weighted by Gasteiger charge is -2.28. The molecule has 1 aromatic heterocycles. The van der Waals surface area contributed by atoms with Gasteiger partial charge in [-0.2, -0.15) is 0 Å². The van der Waals surface area contributed by atoms with Gasteiger partial charge in [0, 0.05) is 19.0 Å². The summed E-state index contributed by atoms with van der Waals surface area (Å²) in [5, 5.41) is 4.49. The molecule has 2 heterocycles. The standard InChI is InChI=1S/C20H31N3O2/c1-6-8-16(7-2)15-25-18-13-17-14-22(11-12-23(17)21-18)19(24)9-10-20(3,4)5/h7-8,13H,2,6,9-12,14-15H2,1,3-5H3/b16-8+. The Morgan fingerprint density at radius 3 is 2.80 bits per heavy atom. The molecule has 5 heteroatoms. The number of fused-ring (bicyclic) bond motifs is 1. The summed E-state index contributed by atoms with van der Waals surface area (Å²) in [7, 11) is 0. The fourth-order valence-electron chi connectivity index (χ4n) is 2.78. The molecule has 0 N–H and O–H groups in total. The molecule has 0 unspecified atom stereocenters. The molecule has 1 amide bonds. The van der Waals surface area contributed by atoms with E-state index in [1.807, 2.05) is 21.7 Å². The van der Waals surface area contributed by atoms with Crippen LogP contribution in [0.5, 0.6) is 5.88 Å². The van der Waals surface area contributed by atoms with Gasteiger partial charge in [-0.1, -0.05) is 46.4 Å². The van der Waals surface area contributed by atoms with Gasteiger partial charge in [0.25, 0.3) is 0 Å². The summed E-state index contributed by atoms with van der Waals surface area (Å²) in [6.07, 6.45) is 6.37. The first-order chi connectivity index (χ1) is 11.8. The zero-order valence-corrected chi connectivity index (χ0v) is 16.0. The van der Waals surface area contributed by atoms with Gasteiger partial charge in [0.05, 0.1) is 18.8 Å². The zero-order chi connectivity index (χ0) is 18.4. The van der Waals surface area contributed by atoms with Gasteiger partial charge in [-0.3, -0.25) is 9.48 Å². The summed E-state index contributed by atoms with van der Waals surface area (Å²) in [5.41, 5.74) is 2.28. The number of rotatable bonds is 7. The quantitative estimate of drug-likeness (QED) is 0.703. The van der Waals surface area contributed by atoms with Gasteiger partial charge in [-0.05, 0) is 23.8 Å². The van der Waals surface area contributed by atoms with E-state index < -0.39 is 0 Å². The molecule has 1 aromatic rings. The second-order valence-electron chi connectivity index (χ2n) is 7.75. The van der Waals surface area contributed by atoms with Crippen molar-refractivity contribution in [1.29, 1.82) is 0 Å². The molecule has 138 valence electrons. The van der Waals surface area contributed by atoms with Crippen molar-refractivity contribution in [3.63, 3.8) is 0 Å². The molecule has 0 atom stereocenters. The fraction of sp³-hybridized carbons (Fsp3) is 0.600. The first-order valence-electron chi connectivity index (χ1n) is 9.11. The number of allylic oxidation sites excluding steroid dienone is 1. The van der Waals surface area contributed by atoms with Gasteiger partial charge in [0.15, 0.2) is 0 Å². The summed E-state index contributed by atoms with van der Waals surface area (Å²) in [6, 6.07) is 1.94. The van der Waals surface area contributed by atoms with Crippen LogP contribution < -0.4 is 4.74 Å². The minimum atomic E-state index is 0.184. The summed E-state index contributed by atoms with van der Waals surface area (Å²) < 4.78 is 7.72. The predicted octanol–water partition coefficient (Wildman–Crippen LogP) is 3.95. The number of hydrogen-bond donors (Lipinski definition) is 0. The Morgan fingerprint density at radius 2 is 2.16 bits per heavy atom. The molecule has 1 aliphatic heterocycles. The number of amides is 1. The summed E-state index contributed by atoms with van der Waals surface area (Å²) in [5.74, 6) is 0.840. The highest BCUT2D eigenvalue weighted by molar-refractivity contribution is 5.76. The molecule has 2 rings (SSSR count). The van der Waals surface area contributed by atoms with E-state index >= 15 is 0 Å². The van der Waals surface area contributed by atoms with Crippen LogP contribution in [0.3, 0.4) is 0 Å². The van der Waals surface area contributed by atoms with Crippen LogP contribution in [0, 0.1) is 5.41 Å². The van der Waals surface area contributed by atoms with E-state index in [0.29, 0.717) is 32.0 Å². The average Bonchev–Trinajstić information content (AvgIpc) is 2.97. The van der Waals surface area contributed by atoms with Crippen molar-refractivity contribution in [1.82, 2.24) is 14.7 Å². The van der Waals surface area contributed by atoms with E-state index in [2.05, 4.69) is 45.4 Å². The molecule has 0 spiro atoms. The van der Waals surface area contributed by atoms with Crippen LogP contribution in [0.15, 0.2) is 30.4 Å². The normalized spacial score (nSPS) is 15.0. The predicted molar refractivity (Wildman–Crippen MR) is 100 cm³/mol. The number of ether oxygens (including phenoxy) is 1. The average molecular weight is 345 g/mol. The molecular weight excluding hydrogens is 314 g/mol. The maximum atomic E-state index is 12.4. The van der Waals surface area contributed by atoms with Crippen molar-refractivity contribution in [2.75, 3.05) is 13.2 Å². The number of carbonyl (C=O) groups excluding carboxylic acids is 1. The largest absolute Gasteiger partial charge is 0.472 e. The highest BCUT2D eigenvalue weighted by Crippen LogP contribution is 2.23. The van der Waals surface area contributed by atoms with Crippen molar-refractivity contribution in [2.45, 2.75) is 60.0 Å². The topological polar surface area (TPSA) is 47.4 Å². The summed E-state index contributed by atoms with van der Waals surface area (Å²) >= 11 is 0. The molecule has 0 saturated heterocycles. The molecule has 0 bridgehead atoms. The Hall–Kier alpha value is -2.04. The highest BCUT2D eigenvalue weighted by Gasteiger charge is 2.23. The minimum absolute atomic E-state index is 0.184. The maximum absolute atomic E-state index is 12.4. The van der Waals surface area contributed by atoms with Crippen LogP contribution in [0.4, 0.5) is 0 Å². The fourth-order valence-corrected chi connectivity index (χ4v) is 2.78. The minimum Gasteiger partial charge on any atom is -0.472 e. The maximum Gasteiger partial charge on any atom is 0.233 e. The van der Waals surface area contributed by atoms with Gasteiger partial charge in [-0.25, -0.2) is 0 Å². The molecule has 5 nitrogen and oxygen atoms in total. The number of aromatic nitrogens is 2. The van der Waals surface area contributed by atoms with Gasteiger partial charge < -0.3 is 9.64 Å². The second kappa shape index (κ2) is 8.37. The molecule has 0 radical (unpaired) electrons. The van der Waals surface area contributed by atoms with E-state index in [1.165, 1.54) is 0 Å². The molecule has 0 saturated carbocycles. The van der Waals surface area contributed by atoms with E-state index in [-0.39, 0.29) is 11.3 Å². The Bertz CT molecular complexity index is 638. The van der Waals surface area contributed by atoms with Crippen molar-refractivity contribution < 1.29 is 9.53 Å². The molecule has 1 aliphatic rings. The Balaban J connectivity index is 1.93. The number of hydrogen-bond acceptors (Lipinski definition) is 3. The van der Waals surface area contributed by atoms with Crippen molar-refractivity contribution in [2.24, 2.45) is 5.41 Å². The van der Waals surface area contributed by atoms with Crippen molar-refractivity contribution in [3.05, 3.63) is 36.1 Å². The third-order valence-electron chi connectivity index (χ3n) is 4.33. The number of carbonyl (C=O) groups is 1. The van der Waals surface area contributed by atoms with Crippen LogP contribution in [-0.4, -0.2) is 33.7 Å². The number of nitrogens with zero attached hydrogens (tertiary/aromatic N) is 3. The SMILES string of the molecule is C=C/C(=C\CC)COc1cc2n(n1)CCN(C(=O)CCC(C)(C)C)C2. The molecule has 0 aromatic carbocycles. The second-order valence-corrected chi connectivity index (χ2v) is 7.75. The first-order valence-corrected chi connectivity index (χ1v) is 9.11. The third-order valence-corrected chi connectivity index (χ3v) is 4.33. The van der Waals surface area contributed by atoms with Gasteiger partial charge in [0.1, 0.15) is 6.61 Å². The smallest absolute Gasteiger partial charge is 0.233 e. The molecular formula is C20H31N3O2. The van der Waals surface area contributed by atoms with E-state index in [0.717, 1.165) is 30.7 Å². The van der Waals surface area contributed by atoms with E-state index in [1.54, 1.807) is 0 Å². The van der Waals surface area contributed by atoms with Crippen LogP contribution in [0.1, 0.15) is 52.7 Å². The van der Waals surface area contributed by atoms with Gasteiger partial charge in [0.2, 0.25) is 11.8 Å². The Labute approximate surface area is 151 Å². The first kappa shape index (κ1) is 19.3. The van der Waals surface area contributed by atoms with Crippen molar-refractivity contribution in [3.8, 4) is 5.88 Å². The molecule has 0 aliphatic carbocycles.